The van der Waals surface area contributed by atoms with E-state index in [1.54, 1.807) is 0 Å². The number of methoxy groups -OCH3 is 2. The predicted octanol–water partition coefficient (Wildman–Crippen LogP) is 3.12. The Bertz CT molecular complexity index is 1400. The molecule has 0 radical (unpaired) electrons. The number of carbonyl (C=O) groups excluding carboxylic acids is 2. The van der Waals surface area contributed by atoms with Gasteiger partial charge in [0.25, 0.3) is 0 Å². The molecule has 40 heavy (non-hydrogen) atoms. The lowest BCUT2D eigenvalue weighted by Crippen LogP contribution is -2.42. The Hall–Kier alpha value is -3.96. The van der Waals surface area contributed by atoms with Crippen LogP contribution in [-0.2, 0) is 32.2 Å². The molecule has 0 aliphatic rings. The van der Waals surface area contributed by atoms with Gasteiger partial charge in [0.1, 0.15) is 10.6 Å². The highest BCUT2D eigenvalue weighted by atomic mass is 79.9. The fraction of sp³-hybridized carbons (Fsp3) is 0.241. The van der Waals surface area contributed by atoms with Crippen LogP contribution in [0.2, 0.25) is 0 Å². The van der Waals surface area contributed by atoms with Gasteiger partial charge in [0, 0.05) is 19.5 Å². The molecule has 4 rings (SSSR count). The Kier molecular flexibility index (Phi) is 10.1. The van der Waals surface area contributed by atoms with E-state index in [4.69, 9.17) is 19.4 Å². The van der Waals surface area contributed by atoms with Crippen molar-refractivity contribution < 1.29 is 19.1 Å². The molecule has 0 aliphatic heterocycles. The number of halogens is 1. The maximum Gasteiger partial charge on any atom is 0.323 e. The van der Waals surface area contributed by atoms with Gasteiger partial charge in [-0.3, -0.25) is 19.5 Å². The maximum atomic E-state index is 13.0. The fourth-order valence-corrected chi connectivity index (χ4v) is 4.64. The first kappa shape index (κ1) is 29.0. The molecule has 0 bridgehead atoms. The summed E-state index contributed by atoms with van der Waals surface area (Å²) in [5.41, 5.74) is 5.27. The van der Waals surface area contributed by atoms with Crippen molar-refractivity contribution in [2.24, 2.45) is 0 Å². The SMILES string of the molecule is Bc1cccc(-c2cccc(CN(Cc3cccc(-c4cccc(Br)n4)n3)C(CCC(=O)OC)C(=O)OC)n2)n1. The summed E-state index contributed by atoms with van der Waals surface area (Å²) in [6.07, 6.45) is 0.272. The number of carbonyl (C=O) groups is 2. The van der Waals surface area contributed by atoms with Gasteiger partial charge in [-0.1, -0.05) is 30.3 Å². The highest BCUT2D eigenvalue weighted by molar-refractivity contribution is 9.10. The molecular formula is C29H29BBrN5O4. The van der Waals surface area contributed by atoms with Crippen LogP contribution in [0.5, 0.6) is 0 Å². The van der Waals surface area contributed by atoms with Crippen LogP contribution in [0, 0.1) is 0 Å². The van der Waals surface area contributed by atoms with Crippen molar-refractivity contribution in [1.82, 2.24) is 24.8 Å². The van der Waals surface area contributed by atoms with E-state index < -0.39 is 18.0 Å². The molecule has 204 valence electrons. The minimum atomic E-state index is -0.735. The number of esters is 2. The van der Waals surface area contributed by atoms with Gasteiger partial charge in [0.15, 0.2) is 7.85 Å². The molecule has 0 saturated carbocycles. The molecule has 11 heteroatoms. The van der Waals surface area contributed by atoms with Gasteiger partial charge in [-0.15, -0.1) is 0 Å². The first-order chi connectivity index (χ1) is 19.4. The summed E-state index contributed by atoms with van der Waals surface area (Å²) in [5.74, 6) is -0.856. The molecule has 0 aromatic carbocycles. The minimum absolute atomic E-state index is 0.0584. The summed E-state index contributed by atoms with van der Waals surface area (Å²) in [5, 5.41) is 0. The Morgan fingerprint density at radius 3 is 1.82 bits per heavy atom. The molecule has 0 aliphatic carbocycles. The lowest BCUT2D eigenvalue weighted by atomic mass is 10.0. The van der Waals surface area contributed by atoms with Crippen molar-refractivity contribution in [3.8, 4) is 22.8 Å². The van der Waals surface area contributed by atoms with E-state index >= 15 is 0 Å². The minimum Gasteiger partial charge on any atom is -0.469 e. The van der Waals surface area contributed by atoms with Gasteiger partial charge >= 0.3 is 11.9 Å². The molecule has 0 spiro atoms. The molecule has 4 heterocycles. The monoisotopic (exact) mass is 601 g/mol. The van der Waals surface area contributed by atoms with Gasteiger partial charge in [0.05, 0.1) is 48.4 Å². The summed E-state index contributed by atoms with van der Waals surface area (Å²) >= 11 is 3.41. The third-order valence-corrected chi connectivity index (χ3v) is 6.68. The highest BCUT2D eigenvalue weighted by Crippen LogP contribution is 2.22. The standard InChI is InChI=1S/C29H29BBrN5O4/c1-39-28(37)16-15-25(29(38)40-2)36(17-19-7-3-9-21(32-19)23-11-5-13-26(30)34-23)18-20-8-4-10-22(33-20)24-12-6-14-27(31)35-24/h3-14,25H,15-18,30H2,1-2H3. The summed E-state index contributed by atoms with van der Waals surface area (Å²) in [4.78, 5) is 45.7. The summed E-state index contributed by atoms with van der Waals surface area (Å²) in [7, 11) is 4.60. The van der Waals surface area contributed by atoms with Gasteiger partial charge in [-0.2, -0.15) is 0 Å². The Morgan fingerprint density at radius 2 is 1.30 bits per heavy atom. The van der Waals surface area contributed by atoms with Crippen LogP contribution in [0.15, 0.2) is 77.4 Å². The van der Waals surface area contributed by atoms with Crippen molar-refractivity contribution in [1.29, 1.82) is 0 Å². The average Bonchev–Trinajstić information content (AvgIpc) is 2.97. The second kappa shape index (κ2) is 13.9. The predicted molar refractivity (Wildman–Crippen MR) is 157 cm³/mol. The summed E-state index contributed by atoms with van der Waals surface area (Å²) in [6.45, 7) is 0.610. The average molecular weight is 602 g/mol. The van der Waals surface area contributed by atoms with E-state index in [1.807, 2.05) is 85.5 Å². The first-order valence-electron chi connectivity index (χ1n) is 12.7. The van der Waals surface area contributed by atoms with E-state index in [0.717, 1.165) is 34.1 Å². The molecule has 0 saturated heterocycles. The highest BCUT2D eigenvalue weighted by Gasteiger charge is 2.29. The molecule has 4 aromatic rings. The second-order valence-electron chi connectivity index (χ2n) is 9.10. The number of nitrogens with zero attached hydrogens (tertiary/aromatic N) is 5. The molecular weight excluding hydrogens is 573 g/mol. The summed E-state index contributed by atoms with van der Waals surface area (Å²) in [6, 6.07) is 22.1. The van der Waals surface area contributed by atoms with Crippen molar-refractivity contribution in [2.75, 3.05) is 14.2 Å². The van der Waals surface area contributed by atoms with Gasteiger partial charge in [0.2, 0.25) is 0 Å². The maximum absolute atomic E-state index is 13.0. The largest absolute Gasteiger partial charge is 0.469 e. The normalized spacial score (nSPS) is 11.7. The smallest absolute Gasteiger partial charge is 0.323 e. The van der Waals surface area contributed by atoms with Crippen LogP contribution in [0.3, 0.4) is 0 Å². The number of hydrogen-bond donors (Lipinski definition) is 0. The molecule has 1 unspecified atom stereocenters. The first-order valence-corrected chi connectivity index (χ1v) is 13.5. The fourth-order valence-electron chi connectivity index (χ4n) is 4.29. The van der Waals surface area contributed by atoms with Crippen LogP contribution in [0.25, 0.3) is 22.8 Å². The van der Waals surface area contributed by atoms with Crippen LogP contribution >= 0.6 is 15.9 Å². The molecule has 0 amide bonds. The summed E-state index contributed by atoms with van der Waals surface area (Å²) < 4.78 is 10.7. The quantitative estimate of drug-likeness (QED) is 0.146. The number of aromatic nitrogens is 4. The van der Waals surface area contributed by atoms with E-state index in [-0.39, 0.29) is 12.8 Å². The molecule has 9 nitrogen and oxygen atoms in total. The molecule has 1 atom stereocenters. The topological polar surface area (TPSA) is 107 Å². The van der Waals surface area contributed by atoms with Crippen molar-refractivity contribution in [3.05, 3.63) is 88.8 Å². The second-order valence-corrected chi connectivity index (χ2v) is 9.91. The van der Waals surface area contributed by atoms with E-state index in [9.17, 15) is 9.59 Å². The van der Waals surface area contributed by atoms with Gasteiger partial charge in [-0.05, 0) is 70.4 Å². The van der Waals surface area contributed by atoms with Gasteiger partial charge in [-0.25, -0.2) is 15.0 Å². The molecule has 4 aromatic heterocycles. The Morgan fingerprint density at radius 1 is 0.775 bits per heavy atom. The van der Waals surface area contributed by atoms with Crippen molar-refractivity contribution in [3.63, 3.8) is 0 Å². The zero-order valence-corrected chi connectivity index (χ0v) is 24.2. The third kappa shape index (κ3) is 7.80. The van der Waals surface area contributed by atoms with E-state index in [0.29, 0.717) is 23.4 Å². The van der Waals surface area contributed by atoms with Crippen LogP contribution in [0.4, 0.5) is 0 Å². The number of ether oxygens (including phenoxy) is 2. The Balaban J connectivity index is 1.68. The molecule has 0 fully saturated rings. The lowest BCUT2D eigenvalue weighted by Gasteiger charge is -2.29. The van der Waals surface area contributed by atoms with Crippen molar-refractivity contribution in [2.45, 2.75) is 32.0 Å². The third-order valence-electron chi connectivity index (χ3n) is 6.24. The van der Waals surface area contributed by atoms with Crippen LogP contribution < -0.4 is 5.59 Å². The lowest BCUT2D eigenvalue weighted by molar-refractivity contribution is -0.149. The van der Waals surface area contributed by atoms with Crippen LogP contribution in [-0.4, -0.2) is 64.9 Å². The van der Waals surface area contributed by atoms with Crippen LogP contribution in [0.1, 0.15) is 24.2 Å². The number of hydrogen-bond acceptors (Lipinski definition) is 9. The molecule has 0 N–H and O–H groups in total. The zero-order valence-electron chi connectivity index (χ0n) is 22.6. The van der Waals surface area contributed by atoms with E-state index in [1.165, 1.54) is 14.2 Å². The zero-order chi connectivity index (χ0) is 28.5. The number of pyridine rings is 4. The van der Waals surface area contributed by atoms with Crippen molar-refractivity contribution >= 4 is 41.3 Å². The van der Waals surface area contributed by atoms with E-state index in [2.05, 4.69) is 25.9 Å². The Labute approximate surface area is 242 Å². The number of rotatable bonds is 11. The van der Waals surface area contributed by atoms with Gasteiger partial charge < -0.3 is 9.47 Å².